The second-order valence-corrected chi connectivity index (χ2v) is 6.63. The van der Waals surface area contributed by atoms with Crippen LogP contribution in [0.5, 0.6) is 0 Å². The van der Waals surface area contributed by atoms with E-state index in [2.05, 4.69) is 21.2 Å². The van der Waals surface area contributed by atoms with Crippen molar-refractivity contribution in [2.75, 3.05) is 5.32 Å². The van der Waals surface area contributed by atoms with Crippen LogP contribution < -0.4 is 5.32 Å². The van der Waals surface area contributed by atoms with Gasteiger partial charge in [-0.05, 0) is 43.9 Å². The predicted octanol–water partition coefficient (Wildman–Crippen LogP) is 3.23. The highest BCUT2D eigenvalue weighted by Crippen LogP contribution is 2.42. The number of anilines is 1. The fraction of sp³-hybridized carbons (Fsp3) is 0.467. The Hall–Kier alpha value is -1.56. The van der Waals surface area contributed by atoms with Crippen molar-refractivity contribution in [1.82, 2.24) is 4.90 Å². The zero-order chi connectivity index (χ0) is 15.1. The van der Waals surface area contributed by atoms with Gasteiger partial charge >= 0.3 is 12.0 Å². The van der Waals surface area contributed by atoms with E-state index in [0.717, 1.165) is 28.6 Å². The summed E-state index contributed by atoms with van der Waals surface area (Å²) in [4.78, 5) is 25.4. The van der Waals surface area contributed by atoms with Crippen LogP contribution in [-0.2, 0) is 4.79 Å². The van der Waals surface area contributed by atoms with Crippen molar-refractivity contribution in [3.8, 4) is 0 Å². The Labute approximate surface area is 131 Å². The van der Waals surface area contributed by atoms with Crippen molar-refractivity contribution < 1.29 is 14.7 Å². The van der Waals surface area contributed by atoms with E-state index in [4.69, 9.17) is 0 Å². The zero-order valence-electron chi connectivity index (χ0n) is 11.7. The fourth-order valence-electron chi connectivity index (χ4n) is 3.43. The Morgan fingerprint density at radius 3 is 2.76 bits per heavy atom. The van der Waals surface area contributed by atoms with Crippen LogP contribution in [0.2, 0.25) is 0 Å². The van der Waals surface area contributed by atoms with Gasteiger partial charge < -0.3 is 15.3 Å². The molecule has 5 nitrogen and oxygen atoms in total. The van der Waals surface area contributed by atoms with Crippen molar-refractivity contribution in [1.29, 1.82) is 0 Å². The average molecular weight is 353 g/mol. The first-order valence-corrected chi connectivity index (χ1v) is 7.85. The SMILES string of the molecule is Cc1ccc(NC(=O)N2C3CCC2C(C(=O)O)C3)cc1Br. The molecule has 3 rings (SSSR count). The molecule has 2 bridgehead atoms. The molecule has 1 aromatic rings. The highest BCUT2D eigenvalue weighted by Gasteiger charge is 2.51. The molecule has 21 heavy (non-hydrogen) atoms. The Bertz CT molecular complexity index is 605. The van der Waals surface area contributed by atoms with Crippen molar-refractivity contribution in [2.24, 2.45) is 5.92 Å². The number of carbonyl (C=O) groups excluding carboxylic acids is 1. The first-order valence-electron chi connectivity index (χ1n) is 7.05. The summed E-state index contributed by atoms with van der Waals surface area (Å²) in [7, 11) is 0. The number of amides is 2. The van der Waals surface area contributed by atoms with Crippen molar-refractivity contribution in [3.63, 3.8) is 0 Å². The number of nitrogens with zero attached hydrogens (tertiary/aromatic N) is 1. The van der Waals surface area contributed by atoms with Crippen LogP contribution in [0.4, 0.5) is 10.5 Å². The van der Waals surface area contributed by atoms with E-state index < -0.39 is 11.9 Å². The number of carboxylic acid groups (broad SMARTS) is 1. The van der Waals surface area contributed by atoms with Gasteiger partial charge in [0.15, 0.2) is 0 Å². The molecule has 6 heteroatoms. The van der Waals surface area contributed by atoms with E-state index in [1.165, 1.54) is 0 Å². The molecule has 0 spiro atoms. The van der Waals surface area contributed by atoms with Crippen LogP contribution in [0.3, 0.4) is 0 Å². The smallest absolute Gasteiger partial charge is 0.322 e. The molecule has 2 amide bonds. The fourth-order valence-corrected chi connectivity index (χ4v) is 3.81. The van der Waals surface area contributed by atoms with Crippen LogP contribution in [0.25, 0.3) is 0 Å². The molecule has 0 saturated carbocycles. The molecule has 0 radical (unpaired) electrons. The van der Waals surface area contributed by atoms with Gasteiger partial charge in [0, 0.05) is 22.2 Å². The summed E-state index contributed by atoms with van der Waals surface area (Å²) in [5.74, 6) is -1.21. The predicted molar refractivity (Wildman–Crippen MR) is 82.3 cm³/mol. The van der Waals surface area contributed by atoms with Crippen LogP contribution in [0.15, 0.2) is 22.7 Å². The molecular weight excluding hydrogens is 336 g/mol. The molecule has 3 atom stereocenters. The summed E-state index contributed by atoms with van der Waals surface area (Å²) < 4.78 is 0.938. The Kier molecular flexibility index (Phi) is 3.65. The van der Waals surface area contributed by atoms with Gasteiger partial charge in [0.25, 0.3) is 0 Å². The average Bonchev–Trinajstić information content (AvgIpc) is 3.00. The van der Waals surface area contributed by atoms with Gasteiger partial charge in [0.05, 0.1) is 5.92 Å². The molecule has 0 aromatic heterocycles. The third-order valence-corrected chi connectivity index (χ3v) is 5.37. The van der Waals surface area contributed by atoms with Gasteiger partial charge in [0.1, 0.15) is 0 Å². The van der Waals surface area contributed by atoms with E-state index in [-0.39, 0.29) is 18.1 Å². The Morgan fingerprint density at radius 1 is 1.38 bits per heavy atom. The largest absolute Gasteiger partial charge is 0.481 e. The van der Waals surface area contributed by atoms with Gasteiger partial charge in [-0.3, -0.25) is 4.79 Å². The molecule has 2 heterocycles. The lowest BCUT2D eigenvalue weighted by molar-refractivity contribution is -0.142. The lowest BCUT2D eigenvalue weighted by atomic mass is 9.89. The summed E-state index contributed by atoms with van der Waals surface area (Å²) >= 11 is 3.44. The number of hydrogen-bond acceptors (Lipinski definition) is 2. The van der Waals surface area contributed by atoms with Crippen LogP contribution in [0, 0.1) is 12.8 Å². The van der Waals surface area contributed by atoms with Gasteiger partial charge in [-0.15, -0.1) is 0 Å². The number of fused-ring (bicyclic) bond motifs is 2. The number of rotatable bonds is 2. The summed E-state index contributed by atoms with van der Waals surface area (Å²) in [6.07, 6.45) is 2.26. The number of nitrogens with one attached hydrogen (secondary N) is 1. The summed E-state index contributed by atoms with van der Waals surface area (Å²) in [5.41, 5.74) is 1.82. The number of benzene rings is 1. The van der Waals surface area contributed by atoms with E-state index in [9.17, 15) is 14.7 Å². The summed E-state index contributed by atoms with van der Waals surface area (Å²) in [6, 6.07) is 5.34. The maximum absolute atomic E-state index is 12.4. The van der Waals surface area contributed by atoms with Crippen LogP contribution in [-0.4, -0.2) is 34.1 Å². The van der Waals surface area contributed by atoms with E-state index in [1.807, 2.05) is 25.1 Å². The Balaban J connectivity index is 1.74. The number of carbonyl (C=O) groups is 2. The van der Waals surface area contributed by atoms with Crippen molar-refractivity contribution >= 4 is 33.6 Å². The highest BCUT2D eigenvalue weighted by molar-refractivity contribution is 9.10. The molecule has 0 aliphatic carbocycles. The zero-order valence-corrected chi connectivity index (χ0v) is 13.3. The molecular formula is C15H17BrN2O3. The lowest BCUT2D eigenvalue weighted by Gasteiger charge is -2.23. The van der Waals surface area contributed by atoms with E-state index in [1.54, 1.807) is 4.90 Å². The number of aliphatic carboxylic acids is 1. The quantitative estimate of drug-likeness (QED) is 0.858. The molecule has 3 unspecified atom stereocenters. The second-order valence-electron chi connectivity index (χ2n) is 5.78. The van der Waals surface area contributed by atoms with Crippen LogP contribution >= 0.6 is 15.9 Å². The number of aryl methyl sites for hydroxylation is 1. The molecule has 2 aliphatic rings. The molecule has 2 N–H and O–H groups in total. The standard InChI is InChI=1S/C15H17BrN2O3/c1-8-2-3-9(6-12(8)16)17-15(21)18-10-4-5-13(18)11(7-10)14(19)20/h2-3,6,10-11,13H,4-5,7H2,1H3,(H,17,21)(H,19,20). The first-order chi connectivity index (χ1) is 9.97. The van der Waals surface area contributed by atoms with Gasteiger partial charge in [-0.1, -0.05) is 22.0 Å². The number of halogens is 1. The first kappa shape index (κ1) is 14.4. The van der Waals surface area contributed by atoms with E-state index in [0.29, 0.717) is 6.42 Å². The highest BCUT2D eigenvalue weighted by atomic mass is 79.9. The number of hydrogen-bond donors (Lipinski definition) is 2. The maximum atomic E-state index is 12.4. The van der Waals surface area contributed by atoms with Crippen LogP contribution in [0.1, 0.15) is 24.8 Å². The van der Waals surface area contributed by atoms with Gasteiger partial charge in [-0.2, -0.15) is 0 Å². The summed E-state index contributed by atoms with van der Waals surface area (Å²) in [5, 5.41) is 12.1. The number of urea groups is 1. The molecule has 2 aliphatic heterocycles. The van der Waals surface area contributed by atoms with Crippen molar-refractivity contribution in [2.45, 2.75) is 38.3 Å². The lowest BCUT2D eigenvalue weighted by Crippen LogP contribution is -2.40. The number of carboxylic acids is 1. The molecule has 2 fully saturated rings. The third kappa shape index (κ3) is 2.52. The third-order valence-electron chi connectivity index (χ3n) is 4.51. The second kappa shape index (κ2) is 5.33. The molecule has 1 aromatic carbocycles. The minimum Gasteiger partial charge on any atom is -0.481 e. The van der Waals surface area contributed by atoms with Crippen molar-refractivity contribution in [3.05, 3.63) is 28.2 Å². The van der Waals surface area contributed by atoms with Gasteiger partial charge in [-0.25, -0.2) is 4.79 Å². The topological polar surface area (TPSA) is 69.6 Å². The van der Waals surface area contributed by atoms with Gasteiger partial charge in [0.2, 0.25) is 0 Å². The minimum absolute atomic E-state index is 0.0602. The molecule has 112 valence electrons. The maximum Gasteiger partial charge on any atom is 0.322 e. The Morgan fingerprint density at radius 2 is 2.14 bits per heavy atom. The molecule has 2 saturated heterocycles. The minimum atomic E-state index is -0.793. The summed E-state index contributed by atoms with van der Waals surface area (Å²) in [6.45, 7) is 1.98. The monoisotopic (exact) mass is 352 g/mol. The van der Waals surface area contributed by atoms with E-state index >= 15 is 0 Å². The normalized spacial score (nSPS) is 27.0.